The molecule has 4 amide bonds. The van der Waals surface area contributed by atoms with E-state index in [4.69, 9.17) is 5.73 Å². The number of rotatable bonds is 4. The normalized spacial score (nSPS) is 28.1. The van der Waals surface area contributed by atoms with E-state index in [1.165, 1.54) is 0 Å². The largest absolute Gasteiger partial charge is 0.330 e. The van der Waals surface area contributed by atoms with Crippen molar-refractivity contribution < 1.29 is 19.2 Å². The molecule has 0 spiro atoms. The summed E-state index contributed by atoms with van der Waals surface area (Å²) in [6.07, 6.45) is 0.274. The molecule has 3 aliphatic rings. The molecule has 3 atom stereocenters. The van der Waals surface area contributed by atoms with Crippen molar-refractivity contribution in [2.24, 2.45) is 17.6 Å². The van der Waals surface area contributed by atoms with Gasteiger partial charge in [-0.05, 0) is 36.4 Å². The molecule has 8 heteroatoms. The van der Waals surface area contributed by atoms with Gasteiger partial charge in [0.05, 0.1) is 11.1 Å². The number of imide groups is 2. The minimum atomic E-state index is -0.939. The predicted octanol–water partition coefficient (Wildman–Crippen LogP) is 0.114. The van der Waals surface area contributed by atoms with Crippen LogP contribution in [-0.4, -0.2) is 59.1 Å². The summed E-state index contributed by atoms with van der Waals surface area (Å²) in [6, 6.07) is 4.32. The molecule has 4 rings (SSSR count). The van der Waals surface area contributed by atoms with Crippen LogP contribution in [0.15, 0.2) is 18.2 Å². The molecule has 0 bridgehead atoms. The minimum Gasteiger partial charge on any atom is -0.330 e. The first-order valence-corrected chi connectivity index (χ1v) is 9.66. The fourth-order valence-corrected chi connectivity index (χ4v) is 4.54. The molecule has 1 aromatic rings. The molecule has 1 unspecified atom stereocenters. The van der Waals surface area contributed by atoms with Crippen molar-refractivity contribution in [1.82, 2.24) is 15.1 Å². The third-order valence-corrected chi connectivity index (χ3v) is 6.09. The first kappa shape index (κ1) is 18.8. The van der Waals surface area contributed by atoms with E-state index in [0.29, 0.717) is 36.1 Å². The van der Waals surface area contributed by atoms with Gasteiger partial charge in [0.2, 0.25) is 11.8 Å². The number of amides is 4. The highest BCUT2D eigenvalue weighted by Crippen LogP contribution is 2.32. The highest BCUT2D eigenvalue weighted by molar-refractivity contribution is 6.24. The number of likely N-dealkylation sites (tertiary alicyclic amines) is 1. The molecule has 0 aromatic heterocycles. The third kappa shape index (κ3) is 3.02. The second-order valence-corrected chi connectivity index (χ2v) is 7.95. The number of benzene rings is 1. The SMILES string of the molecule is C[C@@H]1CN(Cc2cccc3c2C(=O)N(C2CCC(=O)NC2=O)C3=O)C[C@H]1CN. The van der Waals surface area contributed by atoms with Gasteiger partial charge >= 0.3 is 0 Å². The smallest absolute Gasteiger partial charge is 0.262 e. The van der Waals surface area contributed by atoms with E-state index in [9.17, 15) is 19.2 Å². The second-order valence-electron chi connectivity index (χ2n) is 7.95. The van der Waals surface area contributed by atoms with Crippen molar-refractivity contribution >= 4 is 23.6 Å². The fraction of sp³-hybridized carbons (Fsp3) is 0.500. The lowest BCUT2D eigenvalue weighted by molar-refractivity contribution is -0.136. The Morgan fingerprint density at radius 2 is 1.93 bits per heavy atom. The van der Waals surface area contributed by atoms with E-state index in [2.05, 4.69) is 17.1 Å². The van der Waals surface area contributed by atoms with E-state index >= 15 is 0 Å². The van der Waals surface area contributed by atoms with E-state index in [1.54, 1.807) is 12.1 Å². The Morgan fingerprint density at radius 1 is 1.14 bits per heavy atom. The number of nitrogens with two attached hydrogens (primary N) is 1. The summed E-state index contributed by atoms with van der Waals surface area (Å²) in [4.78, 5) is 52.9. The van der Waals surface area contributed by atoms with Gasteiger partial charge in [0.1, 0.15) is 6.04 Å². The summed E-state index contributed by atoms with van der Waals surface area (Å²) >= 11 is 0. The van der Waals surface area contributed by atoms with Crippen LogP contribution in [0.3, 0.4) is 0 Å². The summed E-state index contributed by atoms with van der Waals surface area (Å²) in [7, 11) is 0. The molecule has 2 saturated heterocycles. The molecular weight excluding hydrogens is 360 g/mol. The monoisotopic (exact) mass is 384 g/mol. The maximum atomic E-state index is 13.1. The number of hydrogen-bond acceptors (Lipinski definition) is 6. The fourth-order valence-electron chi connectivity index (χ4n) is 4.54. The lowest BCUT2D eigenvalue weighted by atomic mass is 9.99. The lowest BCUT2D eigenvalue weighted by Crippen LogP contribution is -2.54. The van der Waals surface area contributed by atoms with Gasteiger partial charge in [0.25, 0.3) is 11.8 Å². The molecule has 3 N–H and O–H groups in total. The van der Waals surface area contributed by atoms with Crippen molar-refractivity contribution in [2.75, 3.05) is 19.6 Å². The van der Waals surface area contributed by atoms with Gasteiger partial charge in [-0.2, -0.15) is 0 Å². The predicted molar refractivity (Wildman–Crippen MR) is 100 cm³/mol. The number of fused-ring (bicyclic) bond motifs is 1. The minimum absolute atomic E-state index is 0.114. The van der Waals surface area contributed by atoms with Crippen molar-refractivity contribution in [3.05, 3.63) is 34.9 Å². The zero-order chi connectivity index (χ0) is 20.0. The molecule has 3 heterocycles. The number of hydrogen-bond donors (Lipinski definition) is 2. The van der Waals surface area contributed by atoms with Crippen molar-refractivity contribution in [3.63, 3.8) is 0 Å². The van der Waals surface area contributed by atoms with Gasteiger partial charge in [0.15, 0.2) is 0 Å². The van der Waals surface area contributed by atoms with Gasteiger partial charge in [-0.15, -0.1) is 0 Å². The van der Waals surface area contributed by atoms with Crippen molar-refractivity contribution in [2.45, 2.75) is 32.4 Å². The number of carbonyl (C=O) groups excluding carboxylic acids is 4. The Bertz CT molecular complexity index is 868. The van der Waals surface area contributed by atoms with Crippen molar-refractivity contribution in [1.29, 1.82) is 0 Å². The highest BCUT2D eigenvalue weighted by atomic mass is 16.2. The average Bonchev–Trinajstić information content (AvgIpc) is 3.13. The van der Waals surface area contributed by atoms with Gasteiger partial charge in [-0.3, -0.25) is 34.3 Å². The van der Waals surface area contributed by atoms with Crippen LogP contribution < -0.4 is 11.1 Å². The molecular formula is C20H24N4O4. The summed E-state index contributed by atoms with van der Waals surface area (Å²) in [5.41, 5.74) is 7.33. The van der Waals surface area contributed by atoms with E-state index in [1.807, 2.05) is 6.07 Å². The average molecular weight is 384 g/mol. The van der Waals surface area contributed by atoms with Crippen LogP contribution in [0.4, 0.5) is 0 Å². The Labute approximate surface area is 163 Å². The van der Waals surface area contributed by atoms with Crippen LogP contribution >= 0.6 is 0 Å². The maximum Gasteiger partial charge on any atom is 0.262 e. The molecule has 28 heavy (non-hydrogen) atoms. The van der Waals surface area contributed by atoms with Crippen LogP contribution in [0, 0.1) is 11.8 Å². The Kier molecular flexibility index (Phi) is 4.76. The van der Waals surface area contributed by atoms with Gasteiger partial charge in [0, 0.05) is 26.1 Å². The first-order chi connectivity index (χ1) is 13.4. The summed E-state index contributed by atoms with van der Waals surface area (Å²) < 4.78 is 0. The molecule has 3 aliphatic heterocycles. The number of nitrogens with zero attached hydrogens (tertiary/aromatic N) is 2. The van der Waals surface area contributed by atoms with Crippen LogP contribution in [-0.2, 0) is 16.1 Å². The third-order valence-electron chi connectivity index (χ3n) is 6.09. The lowest BCUT2D eigenvalue weighted by Gasteiger charge is -2.28. The van der Waals surface area contributed by atoms with Crippen LogP contribution in [0.2, 0.25) is 0 Å². The molecule has 1 aromatic carbocycles. The number of nitrogens with one attached hydrogen (secondary N) is 1. The van der Waals surface area contributed by atoms with Gasteiger partial charge in [-0.25, -0.2) is 0 Å². The van der Waals surface area contributed by atoms with E-state index in [0.717, 1.165) is 23.6 Å². The quantitative estimate of drug-likeness (QED) is 0.713. The Morgan fingerprint density at radius 3 is 2.61 bits per heavy atom. The molecule has 0 saturated carbocycles. The van der Waals surface area contributed by atoms with Crippen LogP contribution in [0.1, 0.15) is 46.0 Å². The summed E-state index contributed by atoms with van der Waals surface area (Å²) in [6.45, 7) is 5.12. The van der Waals surface area contributed by atoms with Gasteiger partial charge in [-0.1, -0.05) is 19.1 Å². The topological polar surface area (TPSA) is 113 Å². The zero-order valence-corrected chi connectivity index (χ0v) is 15.8. The second kappa shape index (κ2) is 7.10. The van der Waals surface area contributed by atoms with Gasteiger partial charge < -0.3 is 5.73 Å². The Balaban J connectivity index is 1.60. The van der Waals surface area contributed by atoms with Crippen LogP contribution in [0.25, 0.3) is 0 Å². The molecule has 8 nitrogen and oxygen atoms in total. The van der Waals surface area contributed by atoms with Crippen molar-refractivity contribution in [3.8, 4) is 0 Å². The first-order valence-electron chi connectivity index (χ1n) is 9.66. The molecule has 0 aliphatic carbocycles. The highest BCUT2D eigenvalue weighted by Gasteiger charge is 2.45. The summed E-state index contributed by atoms with van der Waals surface area (Å²) in [5, 5.41) is 2.22. The van der Waals surface area contributed by atoms with E-state index in [-0.39, 0.29) is 18.7 Å². The van der Waals surface area contributed by atoms with E-state index < -0.39 is 23.8 Å². The van der Waals surface area contributed by atoms with Crippen LogP contribution in [0.5, 0.6) is 0 Å². The zero-order valence-electron chi connectivity index (χ0n) is 15.8. The molecule has 148 valence electrons. The Hall–Kier alpha value is -2.58. The molecule has 0 radical (unpaired) electrons. The number of piperidine rings is 1. The standard InChI is InChI=1S/C20H24N4O4/c1-11-8-23(10-13(11)7-21)9-12-3-2-4-14-17(12)20(28)24(19(14)27)15-5-6-16(25)22-18(15)26/h2-4,11,13,15H,5-10,21H2,1H3,(H,22,25,26)/t11-,13-,15?/m1/s1. The number of carbonyl (C=O) groups is 4. The maximum absolute atomic E-state index is 13.1. The summed E-state index contributed by atoms with van der Waals surface area (Å²) in [5.74, 6) is -0.977. The molecule has 2 fully saturated rings.